The van der Waals surface area contributed by atoms with Crippen LogP contribution in [-0.2, 0) is 23.9 Å². The lowest BCUT2D eigenvalue weighted by atomic mass is 9.97. The zero-order valence-electron chi connectivity index (χ0n) is 14.6. The van der Waals surface area contributed by atoms with Crippen molar-refractivity contribution in [1.29, 1.82) is 0 Å². The van der Waals surface area contributed by atoms with Gasteiger partial charge in [0.2, 0.25) is 12.0 Å². The molecule has 0 aromatic carbocycles. The third kappa shape index (κ3) is 5.01. The van der Waals surface area contributed by atoms with Crippen molar-refractivity contribution in [3.8, 4) is 0 Å². The first-order chi connectivity index (χ1) is 12.1. The topological polar surface area (TPSA) is 85.8 Å². The molecule has 0 aliphatic carbocycles. The Kier molecular flexibility index (Phi) is 6.91. The molecule has 1 amide bonds. The number of pyridine rings is 1. The molecular weight excluding hydrogens is 324 g/mol. The molecule has 1 saturated heterocycles. The van der Waals surface area contributed by atoms with Crippen LogP contribution in [0, 0.1) is 5.92 Å². The Morgan fingerprint density at radius 1 is 1.36 bits per heavy atom. The SMILES string of the molecule is CCOC(=O)[C@@H](OC(=O)[C@@H]1CCCN(C(=O)CC)C1)c1cccnc1. The number of piperidine rings is 1. The molecule has 0 unspecified atom stereocenters. The van der Waals surface area contributed by atoms with Gasteiger partial charge >= 0.3 is 11.9 Å². The number of ether oxygens (including phenoxy) is 2. The van der Waals surface area contributed by atoms with E-state index in [4.69, 9.17) is 9.47 Å². The summed E-state index contributed by atoms with van der Waals surface area (Å²) in [5, 5.41) is 0. The lowest BCUT2D eigenvalue weighted by Crippen LogP contribution is -2.43. The van der Waals surface area contributed by atoms with Crippen molar-refractivity contribution in [2.75, 3.05) is 19.7 Å². The highest BCUT2D eigenvalue weighted by molar-refractivity contribution is 5.82. The molecule has 136 valence electrons. The van der Waals surface area contributed by atoms with Gasteiger partial charge < -0.3 is 14.4 Å². The highest BCUT2D eigenvalue weighted by Crippen LogP contribution is 2.24. The van der Waals surface area contributed by atoms with Crippen LogP contribution in [0.5, 0.6) is 0 Å². The first-order valence-corrected chi connectivity index (χ1v) is 8.61. The summed E-state index contributed by atoms with van der Waals surface area (Å²) in [6.45, 7) is 4.66. The first-order valence-electron chi connectivity index (χ1n) is 8.61. The van der Waals surface area contributed by atoms with Gasteiger partial charge in [0.25, 0.3) is 0 Å². The molecule has 0 N–H and O–H groups in total. The van der Waals surface area contributed by atoms with Gasteiger partial charge in [0.15, 0.2) is 0 Å². The van der Waals surface area contributed by atoms with Crippen molar-refractivity contribution in [3.05, 3.63) is 30.1 Å². The molecule has 0 spiro atoms. The monoisotopic (exact) mass is 348 g/mol. The van der Waals surface area contributed by atoms with Gasteiger partial charge in [-0.1, -0.05) is 13.0 Å². The fourth-order valence-corrected chi connectivity index (χ4v) is 2.83. The quantitative estimate of drug-likeness (QED) is 0.730. The van der Waals surface area contributed by atoms with E-state index in [0.29, 0.717) is 31.5 Å². The van der Waals surface area contributed by atoms with Gasteiger partial charge in [0.1, 0.15) is 0 Å². The molecule has 2 rings (SSSR count). The van der Waals surface area contributed by atoms with Gasteiger partial charge in [0.05, 0.1) is 12.5 Å². The van der Waals surface area contributed by atoms with E-state index >= 15 is 0 Å². The van der Waals surface area contributed by atoms with Crippen LogP contribution in [0.25, 0.3) is 0 Å². The van der Waals surface area contributed by atoms with Crippen LogP contribution in [0.15, 0.2) is 24.5 Å². The summed E-state index contributed by atoms with van der Waals surface area (Å²) in [6.07, 6.45) is 3.68. The molecule has 0 bridgehead atoms. The van der Waals surface area contributed by atoms with E-state index in [1.165, 1.54) is 6.20 Å². The lowest BCUT2D eigenvalue weighted by molar-refractivity contribution is -0.172. The average Bonchev–Trinajstić information content (AvgIpc) is 2.66. The number of amides is 1. The van der Waals surface area contributed by atoms with Gasteiger partial charge in [-0.15, -0.1) is 0 Å². The molecule has 7 nitrogen and oxygen atoms in total. The molecule has 2 heterocycles. The molecule has 1 aromatic heterocycles. The molecule has 25 heavy (non-hydrogen) atoms. The smallest absolute Gasteiger partial charge is 0.352 e. The molecule has 0 radical (unpaired) electrons. The minimum absolute atomic E-state index is 0.0201. The largest absolute Gasteiger partial charge is 0.463 e. The fourth-order valence-electron chi connectivity index (χ4n) is 2.83. The van der Waals surface area contributed by atoms with Crippen LogP contribution >= 0.6 is 0 Å². The number of nitrogens with zero attached hydrogens (tertiary/aromatic N) is 2. The zero-order valence-corrected chi connectivity index (χ0v) is 14.6. The standard InChI is InChI=1S/C18H24N2O5/c1-3-15(21)20-10-6-8-14(12-20)17(22)25-16(18(23)24-4-2)13-7-5-9-19-11-13/h5,7,9,11,14,16H,3-4,6,8,10,12H2,1-2H3/t14-,16+/m1/s1. The second-order valence-electron chi connectivity index (χ2n) is 5.89. The van der Waals surface area contributed by atoms with E-state index in [-0.39, 0.29) is 12.5 Å². The summed E-state index contributed by atoms with van der Waals surface area (Å²) in [5.41, 5.74) is 0.464. The van der Waals surface area contributed by atoms with Crippen molar-refractivity contribution >= 4 is 17.8 Å². The number of hydrogen-bond donors (Lipinski definition) is 0. The zero-order chi connectivity index (χ0) is 18.2. The summed E-state index contributed by atoms with van der Waals surface area (Å²) in [7, 11) is 0. The highest BCUT2D eigenvalue weighted by atomic mass is 16.6. The Hall–Kier alpha value is -2.44. The number of carbonyl (C=O) groups excluding carboxylic acids is 3. The van der Waals surface area contributed by atoms with Gasteiger partial charge in [-0.3, -0.25) is 14.6 Å². The lowest BCUT2D eigenvalue weighted by Gasteiger charge is -2.32. The maximum atomic E-state index is 12.6. The van der Waals surface area contributed by atoms with Crippen LogP contribution < -0.4 is 0 Å². The molecule has 1 aromatic rings. The predicted molar refractivity (Wildman–Crippen MR) is 89.3 cm³/mol. The van der Waals surface area contributed by atoms with Crippen LogP contribution in [-0.4, -0.2) is 47.4 Å². The fraction of sp³-hybridized carbons (Fsp3) is 0.556. The Morgan fingerprint density at radius 2 is 2.16 bits per heavy atom. The summed E-state index contributed by atoms with van der Waals surface area (Å²) in [5.74, 6) is -1.53. The van der Waals surface area contributed by atoms with Crippen molar-refractivity contribution in [3.63, 3.8) is 0 Å². The van der Waals surface area contributed by atoms with E-state index < -0.39 is 24.0 Å². The number of rotatable bonds is 6. The van der Waals surface area contributed by atoms with Crippen molar-refractivity contribution in [1.82, 2.24) is 9.88 Å². The normalized spacial score (nSPS) is 18.3. The molecule has 0 saturated carbocycles. The predicted octanol–water partition coefficient (Wildman–Crippen LogP) is 1.88. The van der Waals surface area contributed by atoms with Crippen LogP contribution in [0.4, 0.5) is 0 Å². The van der Waals surface area contributed by atoms with Gasteiger partial charge in [-0.25, -0.2) is 4.79 Å². The Morgan fingerprint density at radius 3 is 2.80 bits per heavy atom. The van der Waals surface area contributed by atoms with E-state index in [9.17, 15) is 14.4 Å². The molecule has 1 aliphatic rings. The number of likely N-dealkylation sites (tertiary alicyclic amines) is 1. The van der Waals surface area contributed by atoms with E-state index in [1.807, 2.05) is 0 Å². The number of aromatic nitrogens is 1. The average molecular weight is 348 g/mol. The van der Waals surface area contributed by atoms with Crippen LogP contribution in [0.2, 0.25) is 0 Å². The summed E-state index contributed by atoms with van der Waals surface area (Å²) in [4.78, 5) is 42.3. The third-order valence-corrected chi connectivity index (χ3v) is 4.13. The molecule has 1 aliphatic heterocycles. The van der Waals surface area contributed by atoms with E-state index in [1.54, 1.807) is 37.1 Å². The Bertz CT molecular complexity index is 605. The summed E-state index contributed by atoms with van der Waals surface area (Å²) >= 11 is 0. The summed E-state index contributed by atoms with van der Waals surface area (Å²) in [6, 6.07) is 3.33. The molecule has 2 atom stereocenters. The van der Waals surface area contributed by atoms with E-state index in [2.05, 4.69) is 4.98 Å². The third-order valence-electron chi connectivity index (χ3n) is 4.13. The van der Waals surface area contributed by atoms with Crippen molar-refractivity contribution in [2.45, 2.75) is 39.2 Å². The molecule has 7 heteroatoms. The minimum Gasteiger partial charge on any atom is -0.463 e. The van der Waals surface area contributed by atoms with Crippen molar-refractivity contribution < 1.29 is 23.9 Å². The Balaban J connectivity index is 2.08. The maximum absolute atomic E-state index is 12.6. The van der Waals surface area contributed by atoms with E-state index in [0.717, 1.165) is 6.42 Å². The summed E-state index contributed by atoms with van der Waals surface area (Å²) < 4.78 is 10.5. The molecule has 1 fully saturated rings. The van der Waals surface area contributed by atoms with Gasteiger partial charge in [-0.05, 0) is 25.8 Å². The van der Waals surface area contributed by atoms with Crippen LogP contribution in [0.3, 0.4) is 0 Å². The minimum atomic E-state index is -1.14. The van der Waals surface area contributed by atoms with Gasteiger partial charge in [-0.2, -0.15) is 0 Å². The maximum Gasteiger partial charge on any atom is 0.352 e. The number of hydrogen-bond acceptors (Lipinski definition) is 6. The number of carbonyl (C=O) groups is 3. The van der Waals surface area contributed by atoms with Crippen molar-refractivity contribution in [2.24, 2.45) is 5.92 Å². The first kappa shape index (κ1) is 18.9. The second kappa shape index (κ2) is 9.15. The highest BCUT2D eigenvalue weighted by Gasteiger charge is 2.33. The second-order valence-corrected chi connectivity index (χ2v) is 5.89. The van der Waals surface area contributed by atoms with Gasteiger partial charge in [0, 0.05) is 37.5 Å². The molecular formula is C18H24N2O5. The van der Waals surface area contributed by atoms with Crippen LogP contribution in [0.1, 0.15) is 44.8 Å². The number of esters is 2. The Labute approximate surface area is 147 Å².